The Balaban J connectivity index is 1.25. The molecule has 0 atom stereocenters. The molecular weight excluding hydrogens is 785 g/mol. The van der Waals surface area contributed by atoms with E-state index in [1.165, 1.54) is 5.56 Å². The largest absolute Gasteiger partial charge is 0.310 e. The van der Waals surface area contributed by atoms with Gasteiger partial charge in [0.1, 0.15) is 29.1 Å². The van der Waals surface area contributed by atoms with Crippen LogP contribution < -0.4 is 19.6 Å². The molecule has 0 fully saturated rings. The summed E-state index contributed by atoms with van der Waals surface area (Å²) < 4.78 is 0. The second-order valence-corrected chi connectivity index (χ2v) is 15.9. The molecule has 4 aromatic heterocycles. The molecule has 64 heavy (non-hydrogen) atoms. The summed E-state index contributed by atoms with van der Waals surface area (Å²) in [6, 6.07) is 60.7. The van der Waals surface area contributed by atoms with Crippen molar-refractivity contribution in [2.24, 2.45) is 0 Å². The molecule has 8 heteroatoms. The van der Waals surface area contributed by atoms with Crippen LogP contribution in [-0.4, -0.2) is 19.9 Å². The standard InChI is InChI=1S/C56H50N8/c1-39-22-19-20-32-49(39)61(45-24-11-7-12-25-45)50-33-36-59-56(43(50)5)64(48-30-17-10-18-31-48)54-42(4)38-41(3)53(60-54)62(46-26-13-8-14-27-46)51-34-37-58-55(44(51)6)63(47-28-15-9-16-29-47)52-40(2)23-21-35-57-52/h7-38H,1-6H3. The van der Waals surface area contributed by atoms with Gasteiger partial charge in [0.05, 0.1) is 11.4 Å². The van der Waals surface area contributed by atoms with Gasteiger partial charge in [0.15, 0.2) is 0 Å². The van der Waals surface area contributed by atoms with Crippen molar-refractivity contribution >= 4 is 68.9 Å². The number of rotatable bonds is 12. The van der Waals surface area contributed by atoms with E-state index < -0.39 is 0 Å². The first-order chi connectivity index (χ1) is 31.3. The third kappa shape index (κ3) is 7.93. The van der Waals surface area contributed by atoms with Crippen molar-refractivity contribution in [3.05, 3.63) is 228 Å². The summed E-state index contributed by atoms with van der Waals surface area (Å²) in [5.41, 5.74) is 13.2. The summed E-state index contributed by atoms with van der Waals surface area (Å²) in [6.07, 6.45) is 5.63. The molecule has 0 saturated heterocycles. The lowest BCUT2D eigenvalue weighted by Gasteiger charge is -2.33. The van der Waals surface area contributed by atoms with Crippen molar-refractivity contribution in [1.82, 2.24) is 19.9 Å². The van der Waals surface area contributed by atoms with E-state index in [-0.39, 0.29) is 0 Å². The van der Waals surface area contributed by atoms with E-state index in [1.54, 1.807) is 0 Å². The first kappa shape index (κ1) is 41.3. The molecule has 0 amide bonds. The number of para-hydroxylation sites is 5. The van der Waals surface area contributed by atoms with Gasteiger partial charge in [-0.25, -0.2) is 19.9 Å². The fourth-order valence-electron chi connectivity index (χ4n) is 8.46. The Bertz CT molecular complexity index is 2830. The SMILES string of the molecule is Cc1ccccc1N(c1ccccc1)c1ccnc(N(c2ccccc2)c2nc(N(c3ccccc3)c3ccnc(N(c4ccccc4)c4ncccc4C)c3C)c(C)cc2C)c1C. The van der Waals surface area contributed by atoms with Crippen molar-refractivity contribution < 1.29 is 0 Å². The average Bonchev–Trinajstić information content (AvgIpc) is 3.32. The molecule has 0 aliphatic heterocycles. The smallest absolute Gasteiger partial charge is 0.144 e. The molecule has 9 aromatic rings. The van der Waals surface area contributed by atoms with Crippen LogP contribution in [0, 0.1) is 41.5 Å². The maximum Gasteiger partial charge on any atom is 0.144 e. The Morgan fingerprint density at radius 2 is 0.672 bits per heavy atom. The topological polar surface area (TPSA) is 64.5 Å². The predicted octanol–water partition coefficient (Wildman–Crippen LogP) is 15.0. The van der Waals surface area contributed by atoms with Gasteiger partial charge in [-0.3, -0.25) is 14.7 Å². The second-order valence-electron chi connectivity index (χ2n) is 15.9. The van der Waals surface area contributed by atoms with Crippen LogP contribution in [0.2, 0.25) is 0 Å². The van der Waals surface area contributed by atoms with Gasteiger partial charge in [-0.1, -0.05) is 97.1 Å². The first-order valence-corrected chi connectivity index (χ1v) is 21.6. The summed E-state index contributed by atoms with van der Waals surface area (Å²) in [7, 11) is 0. The molecule has 0 bridgehead atoms. The molecule has 9 rings (SSSR count). The van der Waals surface area contributed by atoms with E-state index >= 15 is 0 Å². The number of anilines is 12. The zero-order chi connectivity index (χ0) is 44.2. The van der Waals surface area contributed by atoms with Crippen molar-refractivity contribution in [1.29, 1.82) is 0 Å². The van der Waals surface area contributed by atoms with Gasteiger partial charge in [-0.2, -0.15) is 0 Å². The van der Waals surface area contributed by atoms with Crippen LogP contribution >= 0.6 is 0 Å². The van der Waals surface area contributed by atoms with Gasteiger partial charge >= 0.3 is 0 Å². The van der Waals surface area contributed by atoms with Crippen molar-refractivity contribution in [2.75, 3.05) is 19.6 Å². The Kier molecular flexibility index (Phi) is 11.7. The lowest BCUT2D eigenvalue weighted by atomic mass is 10.1. The van der Waals surface area contributed by atoms with Gasteiger partial charge in [0, 0.05) is 58.2 Å². The van der Waals surface area contributed by atoms with Crippen LogP contribution in [0.3, 0.4) is 0 Å². The van der Waals surface area contributed by atoms with Crippen molar-refractivity contribution in [3.8, 4) is 0 Å². The zero-order valence-corrected chi connectivity index (χ0v) is 37.1. The minimum absolute atomic E-state index is 0.768. The average molecular weight is 835 g/mol. The third-order valence-electron chi connectivity index (χ3n) is 11.6. The van der Waals surface area contributed by atoms with Crippen LogP contribution in [0.25, 0.3) is 0 Å². The minimum atomic E-state index is 0.768. The molecule has 314 valence electrons. The highest BCUT2D eigenvalue weighted by Gasteiger charge is 2.28. The molecule has 0 spiro atoms. The van der Waals surface area contributed by atoms with E-state index in [0.29, 0.717) is 0 Å². The van der Waals surface area contributed by atoms with Gasteiger partial charge in [-0.05, 0) is 143 Å². The van der Waals surface area contributed by atoms with Crippen molar-refractivity contribution in [3.63, 3.8) is 0 Å². The van der Waals surface area contributed by atoms with E-state index in [4.69, 9.17) is 19.9 Å². The highest BCUT2D eigenvalue weighted by molar-refractivity contribution is 5.88. The number of aryl methyl sites for hydroxylation is 4. The molecule has 4 heterocycles. The van der Waals surface area contributed by atoms with E-state index in [0.717, 1.165) is 96.7 Å². The number of aromatic nitrogens is 4. The molecule has 0 N–H and O–H groups in total. The van der Waals surface area contributed by atoms with Gasteiger partial charge in [0.25, 0.3) is 0 Å². The number of nitrogens with zero attached hydrogens (tertiary/aromatic N) is 8. The fourth-order valence-corrected chi connectivity index (χ4v) is 8.46. The van der Waals surface area contributed by atoms with E-state index in [9.17, 15) is 0 Å². The maximum absolute atomic E-state index is 5.72. The summed E-state index contributed by atoms with van der Waals surface area (Å²) in [6.45, 7) is 12.8. The van der Waals surface area contributed by atoms with Crippen LogP contribution in [0.1, 0.15) is 33.4 Å². The lowest BCUT2D eigenvalue weighted by Crippen LogP contribution is -2.21. The molecule has 0 aliphatic rings. The molecule has 5 aromatic carbocycles. The Labute approximate surface area is 376 Å². The van der Waals surface area contributed by atoms with Crippen molar-refractivity contribution in [2.45, 2.75) is 41.5 Å². The predicted molar refractivity (Wildman–Crippen MR) is 265 cm³/mol. The van der Waals surface area contributed by atoms with E-state index in [2.05, 4.69) is 201 Å². The van der Waals surface area contributed by atoms with Crippen LogP contribution in [-0.2, 0) is 0 Å². The fraction of sp³-hybridized carbons (Fsp3) is 0.107. The van der Waals surface area contributed by atoms with Gasteiger partial charge in [-0.15, -0.1) is 0 Å². The van der Waals surface area contributed by atoms with Crippen LogP contribution in [0.5, 0.6) is 0 Å². The van der Waals surface area contributed by atoms with E-state index in [1.807, 2.05) is 55.0 Å². The summed E-state index contributed by atoms with van der Waals surface area (Å²) in [5, 5.41) is 0. The Morgan fingerprint density at radius 3 is 1.17 bits per heavy atom. The summed E-state index contributed by atoms with van der Waals surface area (Å²) in [5.74, 6) is 3.92. The van der Waals surface area contributed by atoms with Crippen LogP contribution in [0.4, 0.5) is 68.9 Å². The number of hydrogen-bond donors (Lipinski definition) is 0. The summed E-state index contributed by atoms with van der Waals surface area (Å²) >= 11 is 0. The van der Waals surface area contributed by atoms with Crippen LogP contribution in [0.15, 0.2) is 195 Å². The second kappa shape index (κ2) is 18.1. The first-order valence-electron chi connectivity index (χ1n) is 21.6. The molecule has 0 unspecified atom stereocenters. The molecule has 0 aliphatic carbocycles. The van der Waals surface area contributed by atoms with Gasteiger partial charge < -0.3 is 4.90 Å². The zero-order valence-electron chi connectivity index (χ0n) is 37.1. The molecule has 0 saturated carbocycles. The normalized spacial score (nSPS) is 11.0. The number of pyridine rings is 4. The lowest BCUT2D eigenvalue weighted by molar-refractivity contribution is 1.04. The Morgan fingerprint density at radius 1 is 0.281 bits per heavy atom. The summed E-state index contributed by atoms with van der Waals surface area (Å²) in [4.78, 5) is 29.8. The highest BCUT2D eigenvalue weighted by atomic mass is 15.3. The number of benzene rings is 5. The molecule has 0 radical (unpaired) electrons. The minimum Gasteiger partial charge on any atom is -0.310 e. The number of hydrogen-bond acceptors (Lipinski definition) is 8. The Hall–Kier alpha value is -8.10. The van der Waals surface area contributed by atoms with Gasteiger partial charge in [0.2, 0.25) is 0 Å². The third-order valence-corrected chi connectivity index (χ3v) is 11.6. The highest BCUT2D eigenvalue weighted by Crippen LogP contribution is 2.47. The quantitative estimate of drug-likeness (QED) is 0.121. The molecule has 8 nitrogen and oxygen atoms in total. The molecular formula is C56H50N8. The monoisotopic (exact) mass is 834 g/mol. The maximum atomic E-state index is 5.72.